The van der Waals surface area contributed by atoms with Crippen molar-refractivity contribution < 1.29 is 0 Å². The van der Waals surface area contributed by atoms with Gasteiger partial charge in [-0.05, 0) is 34.0 Å². The normalized spacial score (nSPS) is 14.0. The van der Waals surface area contributed by atoms with Crippen LogP contribution in [0.3, 0.4) is 0 Å². The Labute approximate surface area is 104 Å². The van der Waals surface area contributed by atoms with Crippen molar-refractivity contribution in [1.82, 2.24) is 20.2 Å². The number of hydrogen-bond donors (Lipinski definition) is 1. The first-order chi connectivity index (χ1) is 8.12. The zero-order valence-corrected chi connectivity index (χ0v) is 11.6. The molecular formula is C13H24N4. The molecule has 0 bridgehead atoms. The van der Waals surface area contributed by atoms with E-state index in [0.717, 1.165) is 18.4 Å². The standard InChI is InChI=1S/C13H24N4/c1-6-13(7-2,17(4)5)12(14-3)11-8-15-10-16-9-11/h8-10,12,14H,6-7H2,1-5H3. The molecule has 0 saturated carbocycles. The van der Waals surface area contributed by atoms with Gasteiger partial charge in [-0.1, -0.05) is 13.8 Å². The van der Waals surface area contributed by atoms with Crippen LogP contribution in [0.1, 0.15) is 38.3 Å². The SMILES string of the molecule is CCC(CC)(C(NC)c1cncnc1)N(C)C. The molecule has 1 atom stereocenters. The summed E-state index contributed by atoms with van der Waals surface area (Å²) in [6.45, 7) is 4.47. The lowest BCUT2D eigenvalue weighted by Gasteiger charge is -2.45. The van der Waals surface area contributed by atoms with Crippen molar-refractivity contribution >= 4 is 0 Å². The molecular weight excluding hydrogens is 212 g/mol. The summed E-state index contributed by atoms with van der Waals surface area (Å²) in [6.07, 6.45) is 7.54. The highest BCUT2D eigenvalue weighted by atomic mass is 15.2. The van der Waals surface area contributed by atoms with Gasteiger partial charge in [-0.15, -0.1) is 0 Å². The lowest BCUT2D eigenvalue weighted by Crippen LogP contribution is -2.52. The Morgan fingerprint density at radius 2 is 1.76 bits per heavy atom. The number of nitrogens with zero attached hydrogens (tertiary/aromatic N) is 3. The topological polar surface area (TPSA) is 41.1 Å². The molecule has 1 rings (SSSR count). The highest BCUT2D eigenvalue weighted by molar-refractivity contribution is 5.16. The molecule has 0 fully saturated rings. The molecule has 1 aromatic rings. The van der Waals surface area contributed by atoms with Gasteiger partial charge in [0.2, 0.25) is 0 Å². The molecule has 1 unspecified atom stereocenters. The molecule has 0 aromatic carbocycles. The molecule has 17 heavy (non-hydrogen) atoms. The van der Waals surface area contributed by atoms with Crippen LogP contribution in [0, 0.1) is 0 Å². The molecule has 1 aromatic heterocycles. The van der Waals surface area contributed by atoms with Gasteiger partial charge in [0.15, 0.2) is 0 Å². The summed E-state index contributed by atoms with van der Waals surface area (Å²) in [4.78, 5) is 10.6. The van der Waals surface area contributed by atoms with Gasteiger partial charge in [0.05, 0.1) is 6.04 Å². The van der Waals surface area contributed by atoms with Crippen LogP contribution in [0.5, 0.6) is 0 Å². The van der Waals surface area contributed by atoms with Crippen molar-refractivity contribution in [2.45, 2.75) is 38.3 Å². The maximum atomic E-state index is 4.13. The lowest BCUT2D eigenvalue weighted by atomic mass is 9.80. The number of likely N-dealkylation sites (N-methyl/N-ethyl adjacent to an activating group) is 2. The van der Waals surface area contributed by atoms with Crippen LogP contribution in [0.2, 0.25) is 0 Å². The van der Waals surface area contributed by atoms with Gasteiger partial charge in [0, 0.05) is 23.5 Å². The smallest absolute Gasteiger partial charge is 0.115 e. The van der Waals surface area contributed by atoms with Crippen LogP contribution in [0.15, 0.2) is 18.7 Å². The first kappa shape index (κ1) is 14.1. The van der Waals surface area contributed by atoms with Crippen LogP contribution >= 0.6 is 0 Å². The second-order valence-electron chi connectivity index (χ2n) is 4.60. The minimum Gasteiger partial charge on any atom is -0.311 e. The molecule has 1 N–H and O–H groups in total. The van der Waals surface area contributed by atoms with Crippen molar-refractivity contribution in [3.63, 3.8) is 0 Å². The van der Waals surface area contributed by atoms with Crippen LogP contribution in [-0.4, -0.2) is 41.5 Å². The molecule has 4 nitrogen and oxygen atoms in total. The van der Waals surface area contributed by atoms with Gasteiger partial charge in [-0.3, -0.25) is 0 Å². The maximum absolute atomic E-state index is 4.13. The molecule has 0 aliphatic rings. The Bertz CT molecular complexity index is 319. The minimum absolute atomic E-state index is 0.0967. The van der Waals surface area contributed by atoms with Gasteiger partial charge < -0.3 is 10.2 Å². The van der Waals surface area contributed by atoms with Crippen LogP contribution in [0.4, 0.5) is 0 Å². The molecule has 1 heterocycles. The minimum atomic E-state index is 0.0967. The van der Waals surface area contributed by atoms with Crippen molar-refractivity contribution in [1.29, 1.82) is 0 Å². The molecule has 0 saturated heterocycles. The summed E-state index contributed by atoms with van der Waals surface area (Å²) in [5.74, 6) is 0. The van der Waals surface area contributed by atoms with E-state index in [1.54, 1.807) is 6.33 Å². The monoisotopic (exact) mass is 236 g/mol. The van der Waals surface area contributed by atoms with Crippen molar-refractivity contribution in [3.8, 4) is 0 Å². The van der Waals surface area contributed by atoms with E-state index in [-0.39, 0.29) is 11.6 Å². The molecule has 0 aliphatic carbocycles. The first-order valence-corrected chi connectivity index (χ1v) is 6.22. The third kappa shape index (κ3) is 2.64. The van der Waals surface area contributed by atoms with E-state index in [4.69, 9.17) is 0 Å². The zero-order valence-electron chi connectivity index (χ0n) is 11.6. The zero-order chi connectivity index (χ0) is 12.9. The summed E-state index contributed by atoms with van der Waals surface area (Å²) < 4.78 is 0. The third-order valence-corrected chi connectivity index (χ3v) is 3.86. The Kier molecular flexibility index (Phi) is 5.02. The lowest BCUT2D eigenvalue weighted by molar-refractivity contribution is 0.0914. The predicted molar refractivity (Wildman–Crippen MR) is 70.8 cm³/mol. The summed E-state index contributed by atoms with van der Waals surface area (Å²) in [5, 5.41) is 3.42. The molecule has 0 aliphatic heterocycles. The summed E-state index contributed by atoms with van der Waals surface area (Å²) >= 11 is 0. The molecule has 0 spiro atoms. The molecule has 96 valence electrons. The van der Waals surface area contributed by atoms with E-state index >= 15 is 0 Å². The number of hydrogen-bond acceptors (Lipinski definition) is 4. The van der Waals surface area contributed by atoms with Gasteiger partial charge >= 0.3 is 0 Å². The van der Waals surface area contributed by atoms with E-state index in [1.807, 2.05) is 19.4 Å². The van der Waals surface area contributed by atoms with E-state index < -0.39 is 0 Å². The molecule has 0 radical (unpaired) electrons. The van der Waals surface area contributed by atoms with Crippen LogP contribution in [0.25, 0.3) is 0 Å². The maximum Gasteiger partial charge on any atom is 0.115 e. The molecule has 0 amide bonds. The number of nitrogens with one attached hydrogen (secondary N) is 1. The van der Waals surface area contributed by atoms with Gasteiger partial charge in [-0.2, -0.15) is 0 Å². The number of rotatable bonds is 6. The number of aromatic nitrogens is 2. The summed E-state index contributed by atoms with van der Waals surface area (Å²) in [7, 11) is 6.28. The Morgan fingerprint density at radius 3 is 2.12 bits per heavy atom. The summed E-state index contributed by atoms with van der Waals surface area (Å²) in [5.41, 5.74) is 1.24. The predicted octanol–water partition coefficient (Wildman–Crippen LogP) is 1.86. The fourth-order valence-electron chi connectivity index (χ4n) is 2.75. The van der Waals surface area contributed by atoms with E-state index in [0.29, 0.717) is 0 Å². The van der Waals surface area contributed by atoms with E-state index in [9.17, 15) is 0 Å². The third-order valence-electron chi connectivity index (χ3n) is 3.86. The average molecular weight is 236 g/mol. The summed E-state index contributed by atoms with van der Waals surface area (Å²) in [6, 6.07) is 0.244. The second-order valence-corrected chi connectivity index (χ2v) is 4.60. The Morgan fingerprint density at radius 1 is 1.24 bits per heavy atom. The average Bonchev–Trinajstić information content (AvgIpc) is 2.36. The molecule has 4 heteroatoms. The Balaban J connectivity index is 3.14. The fourth-order valence-corrected chi connectivity index (χ4v) is 2.75. The van der Waals surface area contributed by atoms with Gasteiger partial charge in [0.25, 0.3) is 0 Å². The van der Waals surface area contributed by atoms with Crippen molar-refractivity contribution in [2.75, 3.05) is 21.1 Å². The van der Waals surface area contributed by atoms with Crippen LogP contribution < -0.4 is 5.32 Å². The van der Waals surface area contributed by atoms with E-state index in [2.05, 4.69) is 48.1 Å². The highest BCUT2D eigenvalue weighted by Gasteiger charge is 2.38. The van der Waals surface area contributed by atoms with E-state index in [1.165, 1.54) is 0 Å². The highest BCUT2D eigenvalue weighted by Crippen LogP contribution is 2.35. The van der Waals surface area contributed by atoms with Crippen LogP contribution in [-0.2, 0) is 0 Å². The first-order valence-electron chi connectivity index (χ1n) is 6.22. The quantitative estimate of drug-likeness (QED) is 0.818. The largest absolute Gasteiger partial charge is 0.311 e. The fraction of sp³-hybridized carbons (Fsp3) is 0.692. The second kappa shape index (κ2) is 6.07. The van der Waals surface area contributed by atoms with Crippen molar-refractivity contribution in [2.24, 2.45) is 0 Å². The van der Waals surface area contributed by atoms with Crippen molar-refractivity contribution in [3.05, 3.63) is 24.3 Å². The van der Waals surface area contributed by atoms with Gasteiger partial charge in [-0.25, -0.2) is 9.97 Å². The Hall–Kier alpha value is -1.00. The van der Waals surface area contributed by atoms with Gasteiger partial charge in [0.1, 0.15) is 6.33 Å².